The molecule has 2 aromatic carbocycles. The summed E-state index contributed by atoms with van der Waals surface area (Å²) in [5, 5.41) is 3.37. The lowest BCUT2D eigenvalue weighted by Gasteiger charge is -2.40. The molecule has 2 bridgehead atoms. The molecule has 3 aliphatic rings. The fourth-order valence-electron chi connectivity index (χ4n) is 6.76. The molecule has 3 aliphatic heterocycles. The van der Waals surface area contributed by atoms with Crippen LogP contribution < -0.4 is 5.32 Å². The van der Waals surface area contributed by atoms with Gasteiger partial charge in [0.1, 0.15) is 5.82 Å². The fraction of sp³-hybridized carbons (Fsp3) is 0.517. The number of rotatable bonds is 7. The summed E-state index contributed by atoms with van der Waals surface area (Å²) in [6, 6.07) is 20.8. The molecule has 0 spiro atoms. The van der Waals surface area contributed by atoms with Gasteiger partial charge in [-0.1, -0.05) is 42.5 Å². The van der Waals surface area contributed by atoms with Crippen molar-refractivity contribution in [3.8, 4) is 0 Å². The van der Waals surface area contributed by atoms with Crippen LogP contribution in [-0.2, 0) is 9.53 Å². The highest BCUT2D eigenvalue weighted by molar-refractivity contribution is 5.79. The Balaban J connectivity index is 1.15. The molecule has 3 unspecified atom stereocenters. The monoisotopic (exact) mass is 472 g/mol. The van der Waals surface area contributed by atoms with Gasteiger partial charge in [-0.25, -0.2) is 4.98 Å². The van der Waals surface area contributed by atoms with Crippen molar-refractivity contribution in [2.45, 2.75) is 69.6 Å². The topological polar surface area (TPSA) is 59.4 Å². The maximum Gasteiger partial charge on any atom is 0.226 e. The Morgan fingerprint density at radius 3 is 2.51 bits per heavy atom. The number of aromatic nitrogens is 2. The smallest absolute Gasteiger partial charge is 0.226 e. The number of amides is 1. The molecule has 0 saturated carbocycles. The van der Waals surface area contributed by atoms with Crippen molar-refractivity contribution < 1.29 is 9.53 Å². The highest BCUT2D eigenvalue weighted by atomic mass is 16.5. The van der Waals surface area contributed by atoms with Crippen LogP contribution in [-0.4, -0.2) is 52.2 Å². The van der Waals surface area contributed by atoms with Gasteiger partial charge >= 0.3 is 0 Å². The Morgan fingerprint density at radius 2 is 1.77 bits per heavy atom. The van der Waals surface area contributed by atoms with Crippen molar-refractivity contribution in [1.82, 2.24) is 19.8 Å². The van der Waals surface area contributed by atoms with Gasteiger partial charge in [0.05, 0.1) is 29.6 Å². The van der Waals surface area contributed by atoms with Crippen LogP contribution in [0.1, 0.15) is 62.0 Å². The molecule has 1 N–H and O–H groups in total. The van der Waals surface area contributed by atoms with Gasteiger partial charge in [0.15, 0.2) is 0 Å². The van der Waals surface area contributed by atoms with Gasteiger partial charge in [0.2, 0.25) is 5.91 Å². The van der Waals surface area contributed by atoms with Crippen LogP contribution in [0.5, 0.6) is 0 Å². The van der Waals surface area contributed by atoms with Gasteiger partial charge in [0, 0.05) is 31.3 Å². The molecule has 184 valence electrons. The van der Waals surface area contributed by atoms with E-state index in [1.807, 2.05) is 6.07 Å². The quantitative estimate of drug-likeness (QED) is 0.537. The molecule has 6 rings (SSSR count). The van der Waals surface area contributed by atoms with Crippen molar-refractivity contribution >= 4 is 16.9 Å². The van der Waals surface area contributed by atoms with E-state index in [2.05, 4.69) is 70.2 Å². The number of aryl methyl sites for hydroxylation is 1. The van der Waals surface area contributed by atoms with E-state index in [4.69, 9.17) is 9.72 Å². The Hall–Kier alpha value is -2.70. The maximum atomic E-state index is 12.9. The number of fused-ring (bicyclic) bond motifs is 3. The average molecular weight is 473 g/mol. The maximum absolute atomic E-state index is 12.9. The second-order valence-electron chi connectivity index (χ2n) is 10.6. The van der Waals surface area contributed by atoms with Crippen molar-refractivity contribution in [3.63, 3.8) is 0 Å². The summed E-state index contributed by atoms with van der Waals surface area (Å²) in [5.41, 5.74) is 3.57. The number of nitrogens with zero attached hydrogens (tertiary/aromatic N) is 3. The van der Waals surface area contributed by atoms with Crippen LogP contribution in [0.3, 0.4) is 0 Å². The van der Waals surface area contributed by atoms with E-state index < -0.39 is 0 Å². The number of hydrogen-bond acceptors (Lipinski definition) is 4. The molecule has 35 heavy (non-hydrogen) atoms. The van der Waals surface area contributed by atoms with Gasteiger partial charge in [-0.3, -0.25) is 9.69 Å². The van der Waals surface area contributed by atoms with Crippen molar-refractivity contribution in [3.05, 3.63) is 66.0 Å². The number of para-hydroxylation sites is 2. The molecule has 0 radical (unpaired) electrons. The summed E-state index contributed by atoms with van der Waals surface area (Å²) in [5.74, 6) is 1.26. The standard InChI is InChI=1S/C29H36N4O2/c1-20-30-27-9-5-6-10-28(27)33(20)25-17-23-11-12-24(18-25)32(23)15-13-26(21-7-3-2-4-8-21)31-29(34)22-14-16-35-19-22/h2-10,22-26H,11-19H2,1H3,(H,31,34)/t22?,23?,24?,25?,26-/m0/s1. The molecule has 4 atom stereocenters. The number of benzene rings is 2. The van der Waals surface area contributed by atoms with E-state index in [-0.39, 0.29) is 17.9 Å². The van der Waals surface area contributed by atoms with Crippen LogP contribution >= 0.6 is 0 Å². The lowest BCUT2D eigenvalue weighted by molar-refractivity contribution is -0.125. The number of nitrogens with one attached hydrogen (secondary N) is 1. The average Bonchev–Trinajstić information content (AvgIpc) is 3.58. The van der Waals surface area contributed by atoms with Gasteiger partial charge in [0.25, 0.3) is 0 Å². The summed E-state index contributed by atoms with van der Waals surface area (Å²) in [6.45, 7) is 4.41. The summed E-state index contributed by atoms with van der Waals surface area (Å²) >= 11 is 0. The first kappa shape index (κ1) is 22.7. The highest BCUT2D eigenvalue weighted by Gasteiger charge is 2.42. The molecule has 6 heteroatoms. The molecule has 6 nitrogen and oxygen atoms in total. The van der Waals surface area contributed by atoms with Gasteiger partial charge in [-0.05, 0) is 63.1 Å². The molecule has 4 heterocycles. The fourth-order valence-corrected chi connectivity index (χ4v) is 6.76. The van der Waals surface area contributed by atoms with Crippen molar-refractivity contribution in [1.29, 1.82) is 0 Å². The third kappa shape index (κ3) is 4.50. The third-order valence-corrected chi connectivity index (χ3v) is 8.49. The summed E-state index contributed by atoms with van der Waals surface area (Å²) in [4.78, 5) is 20.5. The normalized spacial score (nSPS) is 27.3. The number of hydrogen-bond donors (Lipinski definition) is 1. The van der Waals surface area contributed by atoms with E-state index in [0.29, 0.717) is 31.3 Å². The van der Waals surface area contributed by atoms with E-state index >= 15 is 0 Å². The Morgan fingerprint density at radius 1 is 1.03 bits per heavy atom. The number of piperidine rings is 1. The molecule has 3 aromatic rings. The van der Waals surface area contributed by atoms with E-state index in [1.54, 1.807) is 0 Å². The molecular weight excluding hydrogens is 436 g/mol. The Bertz CT molecular complexity index is 1160. The van der Waals surface area contributed by atoms with Crippen LogP contribution in [0.2, 0.25) is 0 Å². The first-order valence-electron chi connectivity index (χ1n) is 13.3. The summed E-state index contributed by atoms with van der Waals surface area (Å²) < 4.78 is 7.95. The zero-order valence-electron chi connectivity index (χ0n) is 20.6. The summed E-state index contributed by atoms with van der Waals surface area (Å²) in [7, 11) is 0. The number of carbonyl (C=O) groups is 1. The minimum absolute atomic E-state index is 0.0126. The van der Waals surface area contributed by atoms with Crippen LogP contribution in [0.15, 0.2) is 54.6 Å². The minimum atomic E-state index is -0.0126. The summed E-state index contributed by atoms with van der Waals surface area (Å²) in [6.07, 6.45) is 6.67. The molecule has 1 aromatic heterocycles. The number of carbonyl (C=O) groups excluding carboxylic acids is 1. The SMILES string of the molecule is Cc1nc2ccccc2n1C1CC2CCC(C1)N2CC[C@H](NC(=O)C1CCOC1)c1ccccc1. The van der Waals surface area contributed by atoms with Gasteiger partial charge < -0.3 is 14.6 Å². The number of ether oxygens (including phenoxy) is 1. The zero-order chi connectivity index (χ0) is 23.8. The first-order chi connectivity index (χ1) is 17.2. The third-order valence-electron chi connectivity index (χ3n) is 8.49. The van der Waals surface area contributed by atoms with Gasteiger partial charge in [-0.2, -0.15) is 0 Å². The van der Waals surface area contributed by atoms with E-state index in [9.17, 15) is 4.79 Å². The van der Waals surface area contributed by atoms with Crippen molar-refractivity contribution in [2.75, 3.05) is 19.8 Å². The predicted octanol–water partition coefficient (Wildman–Crippen LogP) is 4.80. The molecule has 3 saturated heterocycles. The van der Waals surface area contributed by atoms with Gasteiger partial charge in [-0.15, -0.1) is 0 Å². The molecule has 0 aliphatic carbocycles. The predicted molar refractivity (Wildman–Crippen MR) is 137 cm³/mol. The number of imidazole rings is 1. The second kappa shape index (κ2) is 9.75. The largest absolute Gasteiger partial charge is 0.381 e. The zero-order valence-corrected chi connectivity index (χ0v) is 20.6. The second-order valence-corrected chi connectivity index (χ2v) is 10.6. The van der Waals surface area contributed by atoms with Crippen LogP contribution in [0, 0.1) is 12.8 Å². The van der Waals surface area contributed by atoms with Crippen molar-refractivity contribution in [2.24, 2.45) is 5.92 Å². The minimum Gasteiger partial charge on any atom is -0.381 e. The van der Waals surface area contributed by atoms with Crippen LogP contribution in [0.4, 0.5) is 0 Å². The molecule has 1 amide bonds. The van der Waals surface area contributed by atoms with E-state index in [0.717, 1.165) is 30.7 Å². The lowest BCUT2D eigenvalue weighted by atomic mass is 9.95. The lowest BCUT2D eigenvalue weighted by Crippen LogP contribution is -2.45. The first-order valence-corrected chi connectivity index (χ1v) is 13.3. The highest BCUT2D eigenvalue weighted by Crippen LogP contribution is 2.42. The Labute approximate surface area is 207 Å². The Kier molecular flexibility index (Phi) is 6.33. The molecule has 3 fully saturated rings. The van der Waals surface area contributed by atoms with Crippen LogP contribution in [0.25, 0.3) is 11.0 Å². The van der Waals surface area contributed by atoms with E-state index in [1.165, 1.54) is 36.8 Å². The molecular formula is C29H36N4O2.